The number of rotatable bonds is 11. The van der Waals surface area contributed by atoms with E-state index in [4.69, 9.17) is 4.74 Å². The van der Waals surface area contributed by atoms with Gasteiger partial charge in [-0.3, -0.25) is 23.5 Å². The van der Waals surface area contributed by atoms with Gasteiger partial charge in [-0.1, -0.05) is 54.1 Å². The molecule has 1 aliphatic rings. The van der Waals surface area contributed by atoms with Crippen LogP contribution in [-0.2, 0) is 24.4 Å². The van der Waals surface area contributed by atoms with Crippen molar-refractivity contribution >= 4 is 22.7 Å². The standard InChI is InChI=1S/C34H36N4O5/c1-43-30-14-8-5-11-27(30)21-36-32(40)26-17-15-25(16-18-26)22-38-33(41)28-12-6-7-13-29(28)37(34(38)42)23-31(39)35-20-19-24-9-3-2-4-10-24/h5-9,11-18H,2-4,10,19-23H2,1H3,(H,35,39)(H,36,40). The van der Waals surface area contributed by atoms with E-state index in [1.54, 1.807) is 55.6 Å². The van der Waals surface area contributed by atoms with E-state index in [0.717, 1.165) is 29.4 Å². The average molecular weight is 581 g/mol. The predicted octanol–water partition coefficient (Wildman–Crippen LogP) is 4.16. The quantitative estimate of drug-likeness (QED) is 0.259. The number of hydrogen-bond donors (Lipinski definition) is 2. The number of nitrogens with one attached hydrogen (secondary N) is 2. The van der Waals surface area contributed by atoms with E-state index in [1.807, 2.05) is 24.3 Å². The Morgan fingerprint density at radius 2 is 1.65 bits per heavy atom. The molecule has 4 aromatic rings. The molecule has 0 atom stereocenters. The van der Waals surface area contributed by atoms with E-state index in [2.05, 4.69) is 16.7 Å². The lowest BCUT2D eigenvalue weighted by molar-refractivity contribution is -0.121. The third-order valence-corrected chi connectivity index (χ3v) is 7.78. The summed E-state index contributed by atoms with van der Waals surface area (Å²) in [6, 6.07) is 21.0. The summed E-state index contributed by atoms with van der Waals surface area (Å²) in [5.74, 6) is 0.157. The van der Waals surface area contributed by atoms with Crippen LogP contribution in [-0.4, -0.2) is 34.6 Å². The van der Waals surface area contributed by atoms with E-state index in [9.17, 15) is 19.2 Å². The molecule has 9 heteroatoms. The Labute approximate surface area is 249 Å². The van der Waals surface area contributed by atoms with Crippen LogP contribution in [0.1, 0.15) is 53.6 Å². The maximum Gasteiger partial charge on any atom is 0.332 e. The zero-order chi connectivity index (χ0) is 30.2. The van der Waals surface area contributed by atoms with E-state index in [0.29, 0.717) is 40.9 Å². The second-order valence-electron chi connectivity index (χ2n) is 10.7. The Morgan fingerprint density at radius 1 is 0.884 bits per heavy atom. The van der Waals surface area contributed by atoms with Crippen molar-refractivity contribution in [3.05, 3.63) is 122 Å². The van der Waals surface area contributed by atoms with Crippen molar-refractivity contribution in [2.75, 3.05) is 13.7 Å². The van der Waals surface area contributed by atoms with Crippen LogP contribution in [0.25, 0.3) is 10.9 Å². The van der Waals surface area contributed by atoms with Gasteiger partial charge in [0.1, 0.15) is 12.3 Å². The van der Waals surface area contributed by atoms with E-state index in [-0.39, 0.29) is 24.9 Å². The van der Waals surface area contributed by atoms with Crippen LogP contribution in [0.5, 0.6) is 5.75 Å². The smallest absolute Gasteiger partial charge is 0.332 e. The summed E-state index contributed by atoms with van der Waals surface area (Å²) in [6.07, 6.45) is 7.61. The molecule has 43 heavy (non-hydrogen) atoms. The summed E-state index contributed by atoms with van der Waals surface area (Å²) in [6.45, 7) is 0.628. The fraction of sp³-hybridized carbons (Fsp3) is 0.294. The Morgan fingerprint density at radius 3 is 2.42 bits per heavy atom. The first-order valence-electron chi connectivity index (χ1n) is 14.6. The lowest BCUT2D eigenvalue weighted by Crippen LogP contribution is -2.43. The molecule has 0 saturated carbocycles. The summed E-state index contributed by atoms with van der Waals surface area (Å²) >= 11 is 0. The monoisotopic (exact) mass is 580 g/mol. The van der Waals surface area contributed by atoms with Crippen molar-refractivity contribution in [2.24, 2.45) is 0 Å². The molecule has 5 rings (SSSR count). The number of carbonyl (C=O) groups excluding carboxylic acids is 2. The van der Waals surface area contributed by atoms with Gasteiger partial charge in [0.05, 0.1) is 24.6 Å². The SMILES string of the molecule is COc1ccccc1CNC(=O)c1ccc(Cn2c(=O)c3ccccc3n(CC(=O)NCCC3=CCCCC3)c2=O)cc1. The summed E-state index contributed by atoms with van der Waals surface area (Å²) in [5.41, 5.74) is 2.77. The maximum absolute atomic E-state index is 13.6. The number of hydrogen-bond acceptors (Lipinski definition) is 5. The lowest BCUT2D eigenvalue weighted by atomic mass is 9.97. The van der Waals surface area contributed by atoms with Crippen LogP contribution in [0.15, 0.2) is 94.0 Å². The van der Waals surface area contributed by atoms with Crippen molar-refractivity contribution < 1.29 is 14.3 Å². The van der Waals surface area contributed by atoms with Crippen LogP contribution in [0.3, 0.4) is 0 Å². The van der Waals surface area contributed by atoms with Crippen molar-refractivity contribution in [1.29, 1.82) is 0 Å². The zero-order valence-electron chi connectivity index (χ0n) is 24.3. The molecular formula is C34H36N4O5. The largest absolute Gasteiger partial charge is 0.496 e. The normalized spacial score (nSPS) is 12.9. The first-order chi connectivity index (χ1) is 20.9. The van der Waals surface area contributed by atoms with Crippen molar-refractivity contribution in [3.8, 4) is 5.75 Å². The number of benzene rings is 3. The number of ether oxygens (including phenoxy) is 1. The van der Waals surface area contributed by atoms with Gasteiger partial charge in [-0.25, -0.2) is 4.79 Å². The van der Waals surface area contributed by atoms with Gasteiger partial charge in [-0.15, -0.1) is 0 Å². The molecule has 0 fully saturated rings. The Balaban J connectivity index is 1.30. The first-order valence-corrected chi connectivity index (χ1v) is 14.6. The molecule has 1 heterocycles. The van der Waals surface area contributed by atoms with Crippen LogP contribution in [0.4, 0.5) is 0 Å². The van der Waals surface area contributed by atoms with Crippen molar-refractivity contribution in [3.63, 3.8) is 0 Å². The Bertz CT molecular complexity index is 1770. The highest BCUT2D eigenvalue weighted by Crippen LogP contribution is 2.19. The van der Waals surface area contributed by atoms with Gasteiger partial charge in [-0.2, -0.15) is 0 Å². The van der Waals surface area contributed by atoms with Crippen LogP contribution >= 0.6 is 0 Å². The topological polar surface area (TPSA) is 111 Å². The number of allylic oxidation sites excluding steroid dienone is 1. The molecule has 0 unspecified atom stereocenters. The number of nitrogens with zero attached hydrogens (tertiary/aromatic N) is 2. The lowest BCUT2D eigenvalue weighted by Gasteiger charge is -2.15. The third kappa shape index (κ3) is 7.12. The molecule has 3 aromatic carbocycles. The van der Waals surface area contributed by atoms with E-state index in [1.165, 1.54) is 23.0 Å². The number of para-hydroxylation sites is 2. The number of methoxy groups -OCH3 is 1. The fourth-order valence-corrected chi connectivity index (χ4v) is 5.43. The van der Waals surface area contributed by atoms with Crippen molar-refractivity contribution in [1.82, 2.24) is 19.8 Å². The van der Waals surface area contributed by atoms with Gasteiger partial charge in [0, 0.05) is 24.2 Å². The van der Waals surface area contributed by atoms with Gasteiger partial charge < -0.3 is 15.4 Å². The zero-order valence-corrected chi connectivity index (χ0v) is 24.3. The summed E-state index contributed by atoms with van der Waals surface area (Å²) in [4.78, 5) is 52.5. The van der Waals surface area contributed by atoms with Crippen LogP contribution in [0, 0.1) is 0 Å². The predicted molar refractivity (Wildman–Crippen MR) is 166 cm³/mol. The second kappa shape index (κ2) is 13.8. The molecule has 0 bridgehead atoms. The van der Waals surface area contributed by atoms with Gasteiger partial charge >= 0.3 is 5.69 Å². The summed E-state index contributed by atoms with van der Waals surface area (Å²) in [7, 11) is 1.58. The van der Waals surface area contributed by atoms with Gasteiger partial charge in [0.15, 0.2) is 0 Å². The van der Waals surface area contributed by atoms with Gasteiger partial charge in [0.25, 0.3) is 11.5 Å². The minimum absolute atomic E-state index is 0.00138. The number of amides is 2. The number of aromatic nitrogens is 2. The molecule has 0 radical (unpaired) electrons. The summed E-state index contributed by atoms with van der Waals surface area (Å²) < 4.78 is 7.83. The second-order valence-corrected chi connectivity index (χ2v) is 10.7. The average Bonchev–Trinajstić information content (AvgIpc) is 3.05. The maximum atomic E-state index is 13.6. The molecule has 0 spiro atoms. The summed E-state index contributed by atoms with van der Waals surface area (Å²) in [5, 5.41) is 6.17. The van der Waals surface area contributed by atoms with E-state index >= 15 is 0 Å². The molecular weight excluding hydrogens is 544 g/mol. The molecule has 2 N–H and O–H groups in total. The molecule has 1 aromatic heterocycles. The minimum atomic E-state index is -0.563. The highest BCUT2D eigenvalue weighted by atomic mass is 16.5. The van der Waals surface area contributed by atoms with Gasteiger partial charge in [0.2, 0.25) is 5.91 Å². The highest BCUT2D eigenvalue weighted by Gasteiger charge is 2.16. The highest BCUT2D eigenvalue weighted by molar-refractivity contribution is 5.94. The van der Waals surface area contributed by atoms with E-state index < -0.39 is 11.2 Å². The minimum Gasteiger partial charge on any atom is -0.496 e. The van der Waals surface area contributed by atoms with Crippen LogP contribution < -0.4 is 26.6 Å². The molecule has 2 amide bonds. The first kappa shape index (κ1) is 29.6. The molecule has 0 aliphatic heterocycles. The third-order valence-electron chi connectivity index (χ3n) is 7.78. The fourth-order valence-electron chi connectivity index (χ4n) is 5.43. The molecule has 222 valence electrons. The van der Waals surface area contributed by atoms with Crippen molar-refractivity contribution in [2.45, 2.75) is 51.7 Å². The number of carbonyl (C=O) groups is 2. The molecule has 0 saturated heterocycles. The van der Waals surface area contributed by atoms with Gasteiger partial charge in [-0.05, 0) is 68.0 Å². The Kier molecular flexibility index (Phi) is 9.51. The van der Waals surface area contributed by atoms with Crippen LogP contribution in [0.2, 0.25) is 0 Å². The molecule has 9 nitrogen and oxygen atoms in total. The molecule has 1 aliphatic carbocycles. The Hall–Kier alpha value is -4.92. The number of fused-ring (bicyclic) bond motifs is 1.